The highest BCUT2D eigenvalue weighted by atomic mass is 35.5. The molecule has 0 bridgehead atoms. The molecule has 2 saturated heterocycles. The van der Waals surface area contributed by atoms with Gasteiger partial charge in [-0.15, -0.1) is 0 Å². The van der Waals surface area contributed by atoms with E-state index in [0.717, 1.165) is 53.6 Å². The minimum Gasteiger partial charge on any atom is -0.378 e. The van der Waals surface area contributed by atoms with Gasteiger partial charge in [-0.2, -0.15) is 10.1 Å². The Hall–Kier alpha value is -2.38. The van der Waals surface area contributed by atoms with E-state index in [1.807, 2.05) is 18.3 Å². The minimum atomic E-state index is 0.556. The van der Waals surface area contributed by atoms with Gasteiger partial charge in [-0.3, -0.25) is 0 Å². The lowest BCUT2D eigenvalue weighted by Gasteiger charge is -2.31. The molecule has 0 amide bonds. The summed E-state index contributed by atoms with van der Waals surface area (Å²) in [5.74, 6) is 1.48. The first-order valence-corrected chi connectivity index (χ1v) is 10.3. The van der Waals surface area contributed by atoms with Crippen LogP contribution >= 0.6 is 11.6 Å². The first-order chi connectivity index (χ1) is 13.8. The number of aromatic nitrogens is 4. The molecule has 5 rings (SSSR count). The molecule has 7 nitrogen and oxygen atoms in total. The number of morpholine rings is 1. The zero-order valence-corrected chi connectivity index (χ0v) is 16.5. The molecule has 2 fully saturated rings. The van der Waals surface area contributed by atoms with Crippen LogP contribution in [0.25, 0.3) is 16.9 Å². The van der Waals surface area contributed by atoms with E-state index in [2.05, 4.69) is 21.0 Å². The van der Waals surface area contributed by atoms with Crippen LogP contribution in [0.4, 0.5) is 11.5 Å². The molecule has 0 unspecified atom stereocenters. The van der Waals surface area contributed by atoms with Crippen LogP contribution in [0.2, 0.25) is 5.02 Å². The van der Waals surface area contributed by atoms with E-state index < -0.39 is 0 Å². The van der Waals surface area contributed by atoms with E-state index in [1.54, 1.807) is 10.9 Å². The van der Waals surface area contributed by atoms with Crippen LogP contribution in [-0.4, -0.2) is 59.1 Å². The van der Waals surface area contributed by atoms with Gasteiger partial charge in [0.05, 0.1) is 29.4 Å². The van der Waals surface area contributed by atoms with Crippen LogP contribution < -0.4 is 9.80 Å². The molecule has 8 heteroatoms. The van der Waals surface area contributed by atoms with Gasteiger partial charge in [0.2, 0.25) is 0 Å². The second-order valence-corrected chi connectivity index (χ2v) is 7.67. The van der Waals surface area contributed by atoms with E-state index in [9.17, 15) is 0 Å². The number of halogens is 1. The van der Waals surface area contributed by atoms with Crippen molar-refractivity contribution in [3.8, 4) is 5.95 Å². The molecule has 0 saturated carbocycles. The van der Waals surface area contributed by atoms with E-state index >= 15 is 0 Å². The number of anilines is 2. The highest BCUT2D eigenvalue weighted by Gasteiger charge is 2.21. The molecule has 2 aliphatic heterocycles. The fourth-order valence-electron chi connectivity index (χ4n) is 3.99. The molecule has 146 valence electrons. The molecule has 0 spiro atoms. The van der Waals surface area contributed by atoms with Crippen molar-refractivity contribution in [2.45, 2.75) is 19.3 Å². The summed E-state index contributed by atoms with van der Waals surface area (Å²) >= 11 is 6.69. The molecule has 4 heterocycles. The summed E-state index contributed by atoms with van der Waals surface area (Å²) in [7, 11) is 0. The van der Waals surface area contributed by atoms with Crippen molar-refractivity contribution in [1.82, 2.24) is 19.7 Å². The zero-order valence-electron chi connectivity index (χ0n) is 15.7. The molecule has 2 aliphatic rings. The number of hydrogen-bond donors (Lipinski definition) is 0. The number of hydrogen-bond acceptors (Lipinski definition) is 6. The van der Waals surface area contributed by atoms with Gasteiger partial charge < -0.3 is 14.5 Å². The van der Waals surface area contributed by atoms with E-state index in [0.29, 0.717) is 19.2 Å². The van der Waals surface area contributed by atoms with Crippen LogP contribution in [0.15, 0.2) is 30.6 Å². The fraction of sp³-hybridized carbons (Fsp3) is 0.450. The largest absolute Gasteiger partial charge is 0.378 e. The predicted octanol–water partition coefficient (Wildman–Crippen LogP) is 3.30. The van der Waals surface area contributed by atoms with Crippen molar-refractivity contribution in [3.63, 3.8) is 0 Å². The lowest BCUT2D eigenvalue weighted by molar-refractivity contribution is 0.122. The second-order valence-electron chi connectivity index (χ2n) is 7.27. The molecule has 0 radical (unpaired) electrons. The normalized spacial score (nSPS) is 18.0. The number of ether oxygens (including phenoxy) is 1. The molecule has 3 aromatic rings. The second kappa shape index (κ2) is 7.56. The Morgan fingerprint density at radius 3 is 2.50 bits per heavy atom. The summed E-state index contributed by atoms with van der Waals surface area (Å²) in [5, 5.41) is 6.07. The van der Waals surface area contributed by atoms with Gasteiger partial charge >= 0.3 is 0 Å². The number of fused-ring (bicyclic) bond motifs is 1. The van der Waals surface area contributed by atoms with Crippen molar-refractivity contribution < 1.29 is 4.74 Å². The fourth-order valence-corrected chi connectivity index (χ4v) is 4.27. The Bertz CT molecular complexity index is 964. The Morgan fingerprint density at radius 2 is 1.75 bits per heavy atom. The monoisotopic (exact) mass is 398 g/mol. The Balaban J connectivity index is 1.67. The standard InChI is InChI=1S/C20H23ClN6O/c21-16-14-17-15(13-18(16)25-6-2-1-3-7-25)19(26-9-11-28-12-10-26)24-20(23-17)27-8-4-5-22-27/h4-5,8,13-14H,1-3,6-7,9-12H2. The average molecular weight is 399 g/mol. The maximum atomic E-state index is 6.69. The number of piperidine rings is 1. The lowest BCUT2D eigenvalue weighted by Crippen LogP contribution is -2.37. The van der Waals surface area contributed by atoms with Crippen LogP contribution in [0.1, 0.15) is 19.3 Å². The minimum absolute atomic E-state index is 0.556. The maximum absolute atomic E-state index is 6.69. The third kappa shape index (κ3) is 3.29. The number of rotatable bonds is 3. The highest BCUT2D eigenvalue weighted by molar-refractivity contribution is 6.34. The summed E-state index contributed by atoms with van der Waals surface area (Å²) < 4.78 is 7.23. The summed E-state index contributed by atoms with van der Waals surface area (Å²) in [6, 6.07) is 6.01. The molecule has 0 aliphatic carbocycles. The van der Waals surface area contributed by atoms with Gasteiger partial charge in [-0.1, -0.05) is 11.6 Å². The lowest BCUT2D eigenvalue weighted by atomic mass is 10.1. The third-order valence-electron chi connectivity index (χ3n) is 5.45. The van der Waals surface area contributed by atoms with Crippen molar-refractivity contribution in [2.24, 2.45) is 0 Å². The summed E-state index contributed by atoms with van der Waals surface area (Å²) in [6.45, 7) is 5.12. The number of nitrogens with zero attached hydrogens (tertiary/aromatic N) is 6. The molecule has 28 heavy (non-hydrogen) atoms. The SMILES string of the molecule is Clc1cc2nc(-n3cccn3)nc(N3CCOCC3)c2cc1N1CCCCC1. The van der Waals surface area contributed by atoms with Gasteiger partial charge in [-0.05, 0) is 37.5 Å². The predicted molar refractivity (Wildman–Crippen MR) is 111 cm³/mol. The molecule has 2 aromatic heterocycles. The quantitative estimate of drug-likeness (QED) is 0.674. The van der Waals surface area contributed by atoms with Gasteiger partial charge in [-0.25, -0.2) is 9.67 Å². The van der Waals surface area contributed by atoms with Crippen molar-refractivity contribution in [3.05, 3.63) is 35.6 Å². The van der Waals surface area contributed by atoms with Gasteiger partial charge in [0.15, 0.2) is 0 Å². The molecule has 0 N–H and O–H groups in total. The first kappa shape index (κ1) is 17.7. The molecular weight excluding hydrogens is 376 g/mol. The zero-order chi connectivity index (χ0) is 18.9. The third-order valence-corrected chi connectivity index (χ3v) is 5.75. The van der Waals surface area contributed by atoms with Gasteiger partial charge in [0, 0.05) is 44.0 Å². The maximum Gasteiger partial charge on any atom is 0.253 e. The van der Waals surface area contributed by atoms with Gasteiger partial charge in [0.1, 0.15) is 5.82 Å². The van der Waals surface area contributed by atoms with Crippen LogP contribution in [0, 0.1) is 0 Å². The van der Waals surface area contributed by atoms with Crippen molar-refractivity contribution in [2.75, 3.05) is 49.2 Å². The van der Waals surface area contributed by atoms with E-state index in [-0.39, 0.29) is 0 Å². The summed E-state index contributed by atoms with van der Waals surface area (Å²) in [5.41, 5.74) is 1.92. The van der Waals surface area contributed by atoms with E-state index in [4.69, 9.17) is 26.3 Å². The smallest absolute Gasteiger partial charge is 0.253 e. The average Bonchev–Trinajstić information content (AvgIpc) is 3.29. The van der Waals surface area contributed by atoms with Crippen LogP contribution in [0.5, 0.6) is 0 Å². The summed E-state index contributed by atoms with van der Waals surface area (Å²) in [4.78, 5) is 14.3. The van der Waals surface area contributed by atoms with Crippen molar-refractivity contribution in [1.29, 1.82) is 0 Å². The Labute approximate surface area is 168 Å². The Kier molecular flexibility index (Phi) is 4.78. The molecule has 1 aromatic carbocycles. The van der Waals surface area contributed by atoms with Crippen LogP contribution in [-0.2, 0) is 4.74 Å². The Morgan fingerprint density at radius 1 is 0.929 bits per heavy atom. The first-order valence-electron chi connectivity index (χ1n) is 9.88. The number of benzene rings is 1. The van der Waals surface area contributed by atoms with E-state index in [1.165, 1.54) is 19.3 Å². The summed E-state index contributed by atoms with van der Waals surface area (Å²) in [6.07, 6.45) is 7.29. The van der Waals surface area contributed by atoms with Gasteiger partial charge in [0.25, 0.3) is 5.95 Å². The topological polar surface area (TPSA) is 59.3 Å². The van der Waals surface area contributed by atoms with Crippen molar-refractivity contribution >= 4 is 34.0 Å². The highest BCUT2D eigenvalue weighted by Crippen LogP contribution is 2.36. The molecule has 0 atom stereocenters. The molecular formula is C20H23ClN6O. The van der Waals surface area contributed by atoms with Crippen LogP contribution in [0.3, 0.4) is 0 Å².